The second kappa shape index (κ2) is 6.95. The van der Waals surface area contributed by atoms with Gasteiger partial charge in [0.05, 0.1) is 11.9 Å². The highest BCUT2D eigenvalue weighted by molar-refractivity contribution is 5.90. The smallest absolute Gasteiger partial charge is 0.257 e. The van der Waals surface area contributed by atoms with Gasteiger partial charge in [-0.15, -0.1) is 0 Å². The van der Waals surface area contributed by atoms with Crippen molar-refractivity contribution in [2.75, 3.05) is 18.9 Å². The van der Waals surface area contributed by atoms with E-state index in [1.807, 2.05) is 7.05 Å². The lowest BCUT2D eigenvalue weighted by atomic mass is 10.3. The predicted molar refractivity (Wildman–Crippen MR) is 60.0 cm³/mol. The van der Waals surface area contributed by atoms with Gasteiger partial charge in [0.15, 0.2) is 0 Å². The van der Waals surface area contributed by atoms with E-state index < -0.39 is 13.0 Å². The molecule has 2 N–H and O–H groups in total. The zero-order valence-electron chi connectivity index (χ0n) is 9.62. The molecule has 96 valence electrons. The summed E-state index contributed by atoms with van der Waals surface area (Å²) in [6.45, 7) is 0.299. The fourth-order valence-corrected chi connectivity index (χ4v) is 1.32. The number of alkyl halides is 2. The van der Waals surface area contributed by atoms with E-state index in [0.29, 0.717) is 12.1 Å². The molecule has 0 saturated carbocycles. The van der Waals surface area contributed by atoms with Crippen molar-refractivity contribution in [3.8, 4) is 0 Å². The van der Waals surface area contributed by atoms with Crippen LogP contribution in [0, 0.1) is 0 Å². The summed E-state index contributed by atoms with van der Waals surface area (Å²) in [4.78, 5) is 11.4. The first-order chi connectivity index (χ1) is 8.11. The Labute approximate surface area is 98.2 Å². The molecule has 0 bridgehead atoms. The van der Waals surface area contributed by atoms with Crippen LogP contribution < -0.4 is 10.6 Å². The quantitative estimate of drug-likeness (QED) is 0.708. The summed E-state index contributed by atoms with van der Waals surface area (Å²) in [6, 6.07) is 0. The molecule has 1 aromatic rings. The third kappa shape index (κ3) is 5.39. The Morgan fingerprint density at radius 2 is 2.35 bits per heavy atom. The molecule has 0 aromatic carbocycles. The van der Waals surface area contributed by atoms with E-state index in [-0.39, 0.29) is 5.91 Å². The lowest BCUT2D eigenvalue weighted by Crippen LogP contribution is -2.15. The molecule has 0 saturated heterocycles. The highest BCUT2D eigenvalue weighted by Gasteiger charge is 2.07. The molecular formula is C10H16F2N4O. The number of rotatable bonds is 7. The van der Waals surface area contributed by atoms with Gasteiger partial charge in [0.2, 0.25) is 5.91 Å². The highest BCUT2D eigenvalue weighted by Crippen LogP contribution is 2.07. The second-order valence-electron chi connectivity index (χ2n) is 3.60. The molecule has 17 heavy (non-hydrogen) atoms. The lowest BCUT2D eigenvalue weighted by molar-refractivity contribution is -0.116. The Kier molecular flexibility index (Phi) is 5.55. The van der Waals surface area contributed by atoms with Crippen molar-refractivity contribution < 1.29 is 13.6 Å². The number of hydrogen-bond acceptors (Lipinski definition) is 3. The number of carbonyl (C=O) groups is 1. The van der Waals surface area contributed by atoms with Crippen molar-refractivity contribution in [3.63, 3.8) is 0 Å². The Bertz CT molecular complexity index is 354. The Balaban J connectivity index is 2.35. The number of hydrogen-bond donors (Lipinski definition) is 2. The van der Waals surface area contributed by atoms with Crippen molar-refractivity contribution in [1.29, 1.82) is 0 Å². The molecule has 5 nitrogen and oxygen atoms in total. The topological polar surface area (TPSA) is 59.0 Å². The number of nitrogens with one attached hydrogen (secondary N) is 2. The van der Waals surface area contributed by atoms with Gasteiger partial charge < -0.3 is 10.6 Å². The Morgan fingerprint density at radius 1 is 1.59 bits per heavy atom. The standard InChI is InChI=1S/C10H16F2N4O/c1-13-4-2-3-10(17)15-8-5-14-16(6-8)7-9(11)12/h5-6,9,13H,2-4,7H2,1H3,(H,15,17). The van der Waals surface area contributed by atoms with Crippen LogP contribution in [0.2, 0.25) is 0 Å². The van der Waals surface area contributed by atoms with Gasteiger partial charge in [-0.3, -0.25) is 9.48 Å². The molecule has 7 heteroatoms. The van der Waals surface area contributed by atoms with Gasteiger partial charge in [0.25, 0.3) is 6.43 Å². The molecule has 1 heterocycles. The average molecular weight is 246 g/mol. The van der Waals surface area contributed by atoms with E-state index in [4.69, 9.17) is 0 Å². The minimum absolute atomic E-state index is 0.142. The van der Waals surface area contributed by atoms with Crippen LogP contribution in [-0.4, -0.2) is 35.7 Å². The van der Waals surface area contributed by atoms with Crippen LogP contribution in [0.4, 0.5) is 14.5 Å². The number of carbonyl (C=O) groups excluding carboxylic acids is 1. The molecule has 0 radical (unpaired) electrons. The Hall–Kier alpha value is -1.50. The molecule has 1 amide bonds. The fraction of sp³-hybridized carbons (Fsp3) is 0.600. The van der Waals surface area contributed by atoms with Crippen molar-refractivity contribution in [2.45, 2.75) is 25.8 Å². The van der Waals surface area contributed by atoms with Crippen LogP contribution >= 0.6 is 0 Å². The lowest BCUT2D eigenvalue weighted by Gasteiger charge is -2.02. The third-order valence-electron chi connectivity index (χ3n) is 2.07. The van der Waals surface area contributed by atoms with Gasteiger partial charge in [-0.05, 0) is 20.0 Å². The van der Waals surface area contributed by atoms with E-state index >= 15 is 0 Å². The van der Waals surface area contributed by atoms with Gasteiger partial charge in [0, 0.05) is 12.6 Å². The molecule has 1 rings (SSSR count). The number of halogens is 2. The number of amides is 1. The second-order valence-corrected chi connectivity index (χ2v) is 3.60. The van der Waals surface area contributed by atoms with Gasteiger partial charge in [-0.2, -0.15) is 5.10 Å². The maximum atomic E-state index is 12.0. The summed E-state index contributed by atoms with van der Waals surface area (Å²) >= 11 is 0. The van der Waals surface area contributed by atoms with Crippen LogP contribution in [0.15, 0.2) is 12.4 Å². The Morgan fingerprint density at radius 3 is 3.00 bits per heavy atom. The van der Waals surface area contributed by atoms with Gasteiger partial charge in [-0.1, -0.05) is 0 Å². The molecule has 0 atom stereocenters. The normalized spacial score (nSPS) is 10.8. The molecular weight excluding hydrogens is 230 g/mol. The summed E-state index contributed by atoms with van der Waals surface area (Å²) in [5.74, 6) is -0.142. The zero-order chi connectivity index (χ0) is 12.7. The monoisotopic (exact) mass is 246 g/mol. The van der Waals surface area contributed by atoms with Crippen molar-refractivity contribution in [1.82, 2.24) is 15.1 Å². The molecule has 0 aliphatic heterocycles. The summed E-state index contributed by atoms with van der Waals surface area (Å²) in [6.07, 6.45) is 1.42. The van der Waals surface area contributed by atoms with E-state index in [1.165, 1.54) is 12.4 Å². The van der Waals surface area contributed by atoms with E-state index in [2.05, 4.69) is 15.7 Å². The maximum absolute atomic E-state index is 12.0. The minimum atomic E-state index is -2.45. The van der Waals surface area contributed by atoms with Crippen molar-refractivity contribution in [2.24, 2.45) is 0 Å². The van der Waals surface area contributed by atoms with Crippen LogP contribution in [0.1, 0.15) is 12.8 Å². The highest BCUT2D eigenvalue weighted by atomic mass is 19.3. The van der Waals surface area contributed by atoms with Gasteiger partial charge in [0.1, 0.15) is 6.54 Å². The first kappa shape index (κ1) is 13.6. The largest absolute Gasteiger partial charge is 0.323 e. The minimum Gasteiger partial charge on any atom is -0.323 e. The van der Waals surface area contributed by atoms with Gasteiger partial charge in [-0.25, -0.2) is 8.78 Å². The number of aromatic nitrogens is 2. The van der Waals surface area contributed by atoms with Crippen LogP contribution in [0.5, 0.6) is 0 Å². The number of anilines is 1. The van der Waals surface area contributed by atoms with Gasteiger partial charge >= 0.3 is 0 Å². The summed E-state index contributed by atoms with van der Waals surface area (Å²) < 4.78 is 25.2. The summed E-state index contributed by atoms with van der Waals surface area (Å²) in [7, 11) is 1.81. The molecule has 0 unspecified atom stereocenters. The molecule has 1 aromatic heterocycles. The summed E-state index contributed by atoms with van der Waals surface area (Å²) in [5, 5.41) is 9.25. The molecule has 0 aliphatic rings. The fourth-order valence-electron chi connectivity index (χ4n) is 1.32. The van der Waals surface area contributed by atoms with Crippen LogP contribution in [-0.2, 0) is 11.3 Å². The number of nitrogens with zero attached hydrogens (tertiary/aromatic N) is 2. The maximum Gasteiger partial charge on any atom is 0.257 e. The molecule has 0 fully saturated rings. The molecule has 0 spiro atoms. The van der Waals surface area contributed by atoms with E-state index in [0.717, 1.165) is 17.6 Å². The first-order valence-corrected chi connectivity index (χ1v) is 5.37. The van der Waals surface area contributed by atoms with Crippen LogP contribution in [0.3, 0.4) is 0 Å². The van der Waals surface area contributed by atoms with E-state index in [9.17, 15) is 13.6 Å². The van der Waals surface area contributed by atoms with Crippen molar-refractivity contribution in [3.05, 3.63) is 12.4 Å². The summed E-state index contributed by atoms with van der Waals surface area (Å²) in [5.41, 5.74) is 0.445. The van der Waals surface area contributed by atoms with E-state index in [1.54, 1.807) is 0 Å². The average Bonchev–Trinajstić information content (AvgIpc) is 2.64. The van der Waals surface area contributed by atoms with Crippen molar-refractivity contribution >= 4 is 11.6 Å². The first-order valence-electron chi connectivity index (χ1n) is 5.37. The third-order valence-corrected chi connectivity index (χ3v) is 2.07. The SMILES string of the molecule is CNCCCC(=O)Nc1cnn(CC(F)F)c1. The van der Waals surface area contributed by atoms with Crippen LogP contribution in [0.25, 0.3) is 0 Å². The zero-order valence-corrected chi connectivity index (χ0v) is 9.62. The molecule has 0 aliphatic carbocycles. The predicted octanol–water partition coefficient (Wildman–Crippen LogP) is 1.09.